The molecule has 0 saturated heterocycles. The number of amides is 1. The molecule has 2 aromatic carbocycles. The van der Waals surface area contributed by atoms with Gasteiger partial charge in [-0.1, -0.05) is 60.7 Å². The van der Waals surface area contributed by atoms with Crippen LogP contribution in [0, 0.1) is 5.21 Å². The molecule has 1 N–H and O–H groups in total. The summed E-state index contributed by atoms with van der Waals surface area (Å²) in [6.07, 6.45) is 2.52. The van der Waals surface area contributed by atoms with Gasteiger partial charge in [-0.15, -0.1) is 0 Å². The molecule has 24 heavy (non-hydrogen) atoms. The molecule has 0 atom stereocenters. The predicted molar refractivity (Wildman–Crippen MR) is 91.4 cm³/mol. The van der Waals surface area contributed by atoms with Gasteiger partial charge in [-0.25, -0.2) is 5.43 Å². The van der Waals surface area contributed by atoms with Crippen molar-refractivity contribution in [3.63, 3.8) is 0 Å². The number of pyridine rings is 1. The van der Waals surface area contributed by atoms with Crippen LogP contribution in [0.5, 0.6) is 0 Å². The summed E-state index contributed by atoms with van der Waals surface area (Å²) >= 11 is 0. The fourth-order valence-electron chi connectivity index (χ4n) is 2.25. The number of hydrogen-bond acceptors (Lipinski definition) is 3. The number of nitrogens with zero attached hydrogens (tertiary/aromatic N) is 2. The van der Waals surface area contributed by atoms with Crippen molar-refractivity contribution in [3.8, 4) is 0 Å². The molecule has 0 aliphatic rings. The molecule has 1 amide bonds. The third-order valence-electron chi connectivity index (χ3n) is 3.40. The number of benzene rings is 2. The molecular formula is C19H15N3O2. The van der Waals surface area contributed by atoms with Gasteiger partial charge in [-0.2, -0.15) is 9.83 Å². The minimum atomic E-state index is -0.440. The Labute approximate surface area is 139 Å². The van der Waals surface area contributed by atoms with Crippen LogP contribution in [0.4, 0.5) is 0 Å². The van der Waals surface area contributed by atoms with Crippen LogP contribution in [0.25, 0.3) is 0 Å². The predicted octanol–water partition coefficient (Wildman–Crippen LogP) is 2.50. The zero-order chi connectivity index (χ0) is 16.8. The van der Waals surface area contributed by atoms with E-state index >= 15 is 0 Å². The summed E-state index contributed by atoms with van der Waals surface area (Å²) in [6.45, 7) is 0. The van der Waals surface area contributed by atoms with Crippen molar-refractivity contribution in [2.75, 3.05) is 0 Å². The van der Waals surface area contributed by atoms with Crippen LogP contribution < -0.4 is 10.2 Å². The molecule has 1 aromatic heterocycles. The minimum Gasteiger partial charge on any atom is -0.619 e. The maximum absolute atomic E-state index is 12.2. The van der Waals surface area contributed by atoms with E-state index in [9.17, 15) is 10.0 Å². The molecule has 0 saturated carbocycles. The molecule has 1 heterocycles. The Hall–Kier alpha value is -3.47. The first kappa shape index (κ1) is 15.4. The van der Waals surface area contributed by atoms with E-state index in [0.29, 0.717) is 10.4 Å². The molecule has 0 radical (unpaired) electrons. The standard InChI is InChI=1S/C19H15N3O2/c23-19(17-12-7-13-22(24)14-17)21-20-18(15-8-3-1-4-9-15)16-10-5-2-6-11-16/h1-14H,(H,21,23). The monoisotopic (exact) mass is 317 g/mol. The van der Waals surface area contributed by atoms with Crippen molar-refractivity contribution in [3.05, 3.63) is 107 Å². The smallest absolute Gasteiger partial charge is 0.277 e. The molecule has 3 aromatic rings. The van der Waals surface area contributed by atoms with E-state index in [2.05, 4.69) is 10.5 Å². The van der Waals surface area contributed by atoms with Crippen LogP contribution in [0.2, 0.25) is 0 Å². The van der Waals surface area contributed by atoms with Crippen LogP contribution in [0.15, 0.2) is 90.3 Å². The molecule has 3 rings (SSSR count). The first-order valence-electron chi connectivity index (χ1n) is 7.42. The van der Waals surface area contributed by atoms with E-state index in [0.717, 1.165) is 11.1 Å². The van der Waals surface area contributed by atoms with E-state index in [4.69, 9.17) is 0 Å². The van der Waals surface area contributed by atoms with Gasteiger partial charge in [0.1, 0.15) is 5.56 Å². The van der Waals surface area contributed by atoms with Gasteiger partial charge in [-0.3, -0.25) is 4.79 Å². The Morgan fingerprint density at radius 1 is 0.833 bits per heavy atom. The first-order valence-corrected chi connectivity index (χ1v) is 7.42. The number of carbonyl (C=O) groups excluding carboxylic acids is 1. The Morgan fingerprint density at radius 3 is 1.92 bits per heavy atom. The summed E-state index contributed by atoms with van der Waals surface area (Å²) in [5.41, 5.74) is 5.19. The SMILES string of the molecule is O=C(NN=C(c1ccccc1)c1ccccc1)c1ccc[n+]([O-])c1. The first-order chi connectivity index (χ1) is 11.7. The lowest BCUT2D eigenvalue weighted by molar-refractivity contribution is -0.605. The highest BCUT2D eigenvalue weighted by Gasteiger charge is 2.10. The fourth-order valence-corrected chi connectivity index (χ4v) is 2.25. The Morgan fingerprint density at radius 2 is 1.38 bits per heavy atom. The second kappa shape index (κ2) is 7.19. The Bertz CT molecular complexity index is 821. The maximum atomic E-state index is 12.2. The fraction of sp³-hybridized carbons (Fsp3) is 0. The lowest BCUT2D eigenvalue weighted by Gasteiger charge is -2.08. The van der Waals surface area contributed by atoms with Gasteiger partial charge in [0.05, 0.1) is 5.71 Å². The highest BCUT2D eigenvalue weighted by Crippen LogP contribution is 2.10. The van der Waals surface area contributed by atoms with Crippen LogP contribution in [0.3, 0.4) is 0 Å². The van der Waals surface area contributed by atoms with E-state index < -0.39 is 5.91 Å². The second-order valence-electron chi connectivity index (χ2n) is 5.09. The summed E-state index contributed by atoms with van der Waals surface area (Å²) in [7, 11) is 0. The van der Waals surface area contributed by atoms with Crippen LogP contribution >= 0.6 is 0 Å². The highest BCUT2D eigenvalue weighted by atomic mass is 16.5. The van der Waals surface area contributed by atoms with Crippen molar-refractivity contribution in [1.82, 2.24) is 5.43 Å². The van der Waals surface area contributed by atoms with Gasteiger partial charge in [0.15, 0.2) is 12.4 Å². The molecule has 118 valence electrons. The summed E-state index contributed by atoms with van der Waals surface area (Å²) in [4.78, 5) is 12.2. The minimum absolute atomic E-state index is 0.247. The van der Waals surface area contributed by atoms with Gasteiger partial charge in [0, 0.05) is 17.2 Å². The quantitative estimate of drug-likeness (QED) is 0.348. The van der Waals surface area contributed by atoms with Crippen molar-refractivity contribution >= 4 is 11.6 Å². The lowest BCUT2D eigenvalue weighted by Crippen LogP contribution is -2.28. The Kier molecular flexibility index (Phi) is 4.62. The highest BCUT2D eigenvalue weighted by molar-refractivity contribution is 6.13. The molecule has 0 bridgehead atoms. The van der Waals surface area contributed by atoms with Crippen molar-refractivity contribution < 1.29 is 9.52 Å². The molecule has 0 spiro atoms. The molecular weight excluding hydrogens is 302 g/mol. The lowest BCUT2D eigenvalue weighted by atomic mass is 10.0. The number of carbonyl (C=O) groups is 1. The summed E-state index contributed by atoms with van der Waals surface area (Å²) in [5.74, 6) is -0.440. The van der Waals surface area contributed by atoms with E-state index in [1.165, 1.54) is 18.5 Å². The summed E-state index contributed by atoms with van der Waals surface area (Å²) in [5, 5.41) is 15.6. The van der Waals surface area contributed by atoms with Crippen molar-refractivity contribution in [1.29, 1.82) is 0 Å². The topological polar surface area (TPSA) is 68.4 Å². The van der Waals surface area contributed by atoms with Crippen LogP contribution in [0.1, 0.15) is 21.5 Å². The Balaban J connectivity index is 1.91. The molecule has 0 aliphatic carbocycles. The van der Waals surface area contributed by atoms with E-state index in [1.54, 1.807) is 6.07 Å². The van der Waals surface area contributed by atoms with Crippen LogP contribution in [-0.2, 0) is 0 Å². The van der Waals surface area contributed by atoms with Gasteiger partial charge in [0.2, 0.25) is 0 Å². The molecule has 5 heteroatoms. The zero-order valence-corrected chi connectivity index (χ0v) is 12.8. The average Bonchev–Trinajstić information content (AvgIpc) is 2.63. The van der Waals surface area contributed by atoms with E-state index in [1.807, 2.05) is 60.7 Å². The largest absolute Gasteiger partial charge is 0.619 e. The average molecular weight is 317 g/mol. The maximum Gasteiger partial charge on any atom is 0.277 e. The van der Waals surface area contributed by atoms with E-state index in [-0.39, 0.29) is 5.56 Å². The van der Waals surface area contributed by atoms with Gasteiger partial charge < -0.3 is 5.21 Å². The normalized spacial score (nSPS) is 10.0. The van der Waals surface area contributed by atoms with Crippen molar-refractivity contribution in [2.24, 2.45) is 5.10 Å². The number of hydrazone groups is 1. The van der Waals surface area contributed by atoms with Crippen molar-refractivity contribution in [2.45, 2.75) is 0 Å². The number of nitrogens with one attached hydrogen (secondary N) is 1. The number of rotatable bonds is 4. The summed E-state index contributed by atoms with van der Waals surface area (Å²) < 4.78 is 0.577. The van der Waals surface area contributed by atoms with Gasteiger partial charge in [0.25, 0.3) is 5.91 Å². The molecule has 0 unspecified atom stereocenters. The van der Waals surface area contributed by atoms with Gasteiger partial charge >= 0.3 is 0 Å². The molecule has 0 aliphatic heterocycles. The summed E-state index contributed by atoms with van der Waals surface area (Å²) in [6, 6.07) is 22.2. The zero-order valence-electron chi connectivity index (χ0n) is 12.8. The van der Waals surface area contributed by atoms with Crippen LogP contribution in [-0.4, -0.2) is 11.6 Å². The number of hydrogen-bond donors (Lipinski definition) is 1. The third-order valence-corrected chi connectivity index (χ3v) is 3.40. The molecule has 5 nitrogen and oxygen atoms in total. The second-order valence-corrected chi connectivity index (χ2v) is 5.09. The third kappa shape index (κ3) is 3.64. The van der Waals surface area contributed by atoms with Gasteiger partial charge in [-0.05, 0) is 6.07 Å². The number of aromatic nitrogens is 1. The molecule has 0 fully saturated rings.